The molecular weight excluding hydrogens is 357 g/mol. The molecule has 130 valence electrons. The summed E-state index contributed by atoms with van der Waals surface area (Å²) in [5.41, 5.74) is 2.73. The van der Waals surface area contributed by atoms with Crippen molar-refractivity contribution in [3.05, 3.63) is 63.7 Å². The van der Waals surface area contributed by atoms with Crippen LogP contribution in [0.2, 0.25) is 0 Å². The fourth-order valence-electron chi connectivity index (χ4n) is 3.66. The van der Waals surface area contributed by atoms with Crippen LogP contribution in [0.25, 0.3) is 5.70 Å². The molecule has 2 aliphatic carbocycles. The first-order valence-corrected chi connectivity index (χ1v) is 8.99. The van der Waals surface area contributed by atoms with Gasteiger partial charge in [-0.2, -0.15) is 0 Å². The summed E-state index contributed by atoms with van der Waals surface area (Å²) in [6.45, 7) is 2.82. The van der Waals surface area contributed by atoms with E-state index in [2.05, 4.69) is 6.07 Å². The molecule has 2 atom stereocenters. The zero-order valence-electron chi connectivity index (χ0n) is 14.1. The molecule has 1 unspecified atom stereocenters. The van der Waals surface area contributed by atoms with Gasteiger partial charge in [-0.25, -0.2) is 0 Å². The van der Waals surface area contributed by atoms with Gasteiger partial charge in [-0.3, -0.25) is 14.5 Å². The molecule has 3 rings (SSSR count). The summed E-state index contributed by atoms with van der Waals surface area (Å²) in [5, 5.41) is 1.18. The molecule has 25 heavy (non-hydrogen) atoms. The van der Waals surface area contributed by atoms with Gasteiger partial charge in [0.05, 0.1) is 15.8 Å². The highest BCUT2D eigenvalue weighted by molar-refractivity contribution is 6.44. The Labute approximate surface area is 157 Å². The maximum Gasteiger partial charge on any atom is 0.230 e. The van der Waals surface area contributed by atoms with Crippen molar-refractivity contribution < 1.29 is 9.59 Å². The zero-order valence-corrected chi connectivity index (χ0v) is 15.6. The second kappa shape index (κ2) is 7.19. The van der Waals surface area contributed by atoms with Gasteiger partial charge in [-0.15, -0.1) is 0 Å². The number of halogens is 2. The van der Waals surface area contributed by atoms with Crippen LogP contribution in [-0.4, -0.2) is 16.7 Å². The fraction of sp³-hybridized carbons (Fsp3) is 0.300. The normalized spacial score (nSPS) is 22.3. The van der Waals surface area contributed by atoms with Crippen molar-refractivity contribution in [3.63, 3.8) is 0 Å². The molecule has 0 saturated heterocycles. The molecule has 0 bridgehead atoms. The number of fused-ring (bicyclic) bond motifs is 1. The lowest BCUT2D eigenvalue weighted by atomic mass is 9.75. The highest BCUT2D eigenvalue weighted by atomic mass is 35.5. The number of carbonyl (C=O) groups excluding carboxylic acids is 2. The number of imide groups is 1. The molecule has 2 amide bonds. The number of benzene rings is 1. The molecule has 1 aromatic carbocycles. The monoisotopic (exact) mass is 375 g/mol. The van der Waals surface area contributed by atoms with Gasteiger partial charge in [0.15, 0.2) is 0 Å². The molecule has 2 aliphatic rings. The van der Waals surface area contributed by atoms with E-state index in [4.69, 9.17) is 23.2 Å². The maximum absolute atomic E-state index is 12.0. The van der Waals surface area contributed by atoms with E-state index in [1.165, 1.54) is 18.7 Å². The Morgan fingerprint density at radius 1 is 1.00 bits per heavy atom. The molecule has 0 fully saturated rings. The van der Waals surface area contributed by atoms with Crippen LogP contribution in [0.5, 0.6) is 0 Å². The average Bonchev–Trinajstić information content (AvgIpc) is 2.57. The van der Waals surface area contributed by atoms with Crippen molar-refractivity contribution in [1.82, 2.24) is 4.90 Å². The van der Waals surface area contributed by atoms with Gasteiger partial charge >= 0.3 is 0 Å². The molecule has 0 radical (unpaired) electrons. The number of hydrogen-bond donors (Lipinski definition) is 0. The third kappa shape index (κ3) is 3.44. The molecule has 1 aromatic rings. The summed E-state index contributed by atoms with van der Waals surface area (Å²) in [6, 6.07) is 7.93. The van der Waals surface area contributed by atoms with E-state index in [0.717, 1.165) is 24.0 Å². The van der Waals surface area contributed by atoms with E-state index in [-0.39, 0.29) is 23.7 Å². The number of amides is 2. The smallest absolute Gasteiger partial charge is 0.230 e. The van der Waals surface area contributed by atoms with Crippen molar-refractivity contribution in [2.75, 3.05) is 0 Å². The SMILES string of the molecule is CC(=O)N(C(C)=O)C1=CC[C@@H](C2C=C(Cl)C(Cl)=CC2)c2ccccc21. The minimum absolute atomic E-state index is 0.232. The van der Waals surface area contributed by atoms with Crippen molar-refractivity contribution in [2.45, 2.75) is 32.6 Å². The van der Waals surface area contributed by atoms with Crippen LogP contribution < -0.4 is 0 Å². The Balaban J connectivity index is 2.01. The second-order valence-electron chi connectivity index (χ2n) is 6.36. The zero-order chi connectivity index (χ0) is 18.1. The van der Waals surface area contributed by atoms with E-state index < -0.39 is 0 Å². The summed E-state index contributed by atoms with van der Waals surface area (Å²) in [4.78, 5) is 25.2. The molecule has 0 saturated carbocycles. The van der Waals surface area contributed by atoms with Crippen LogP contribution >= 0.6 is 23.2 Å². The molecular formula is C20H19Cl2NO2. The Kier molecular flexibility index (Phi) is 5.16. The van der Waals surface area contributed by atoms with E-state index >= 15 is 0 Å². The highest BCUT2D eigenvalue weighted by Gasteiger charge is 2.32. The molecule has 0 aromatic heterocycles. The Hall–Kier alpha value is -1.84. The summed E-state index contributed by atoms with van der Waals surface area (Å²) in [5.74, 6) is -0.0859. The first-order valence-electron chi connectivity index (χ1n) is 8.24. The van der Waals surface area contributed by atoms with Crippen molar-refractivity contribution >= 4 is 40.7 Å². The molecule has 0 N–H and O–H groups in total. The number of nitrogens with zero attached hydrogens (tertiary/aromatic N) is 1. The summed E-state index contributed by atoms with van der Waals surface area (Å²) in [6.07, 6.45) is 7.50. The van der Waals surface area contributed by atoms with Gasteiger partial charge in [0.1, 0.15) is 0 Å². The van der Waals surface area contributed by atoms with E-state index in [1.807, 2.05) is 36.4 Å². The number of hydrogen-bond acceptors (Lipinski definition) is 2. The largest absolute Gasteiger partial charge is 0.274 e. The van der Waals surface area contributed by atoms with Crippen LogP contribution in [0.3, 0.4) is 0 Å². The van der Waals surface area contributed by atoms with Crippen LogP contribution in [0, 0.1) is 5.92 Å². The van der Waals surface area contributed by atoms with Crippen molar-refractivity contribution in [2.24, 2.45) is 5.92 Å². The minimum Gasteiger partial charge on any atom is -0.274 e. The Bertz CT molecular complexity index is 809. The van der Waals surface area contributed by atoms with Gasteiger partial charge in [0.25, 0.3) is 0 Å². The van der Waals surface area contributed by atoms with Crippen molar-refractivity contribution in [3.8, 4) is 0 Å². The predicted octanol–water partition coefficient (Wildman–Crippen LogP) is 5.18. The van der Waals surface area contributed by atoms with E-state index in [9.17, 15) is 9.59 Å². The maximum atomic E-state index is 12.0. The van der Waals surface area contributed by atoms with Gasteiger partial charge in [-0.1, -0.05) is 65.7 Å². The molecule has 0 heterocycles. The van der Waals surface area contributed by atoms with E-state index in [1.54, 1.807) is 0 Å². The van der Waals surface area contributed by atoms with Crippen LogP contribution in [0.15, 0.2) is 52.6 Å². The summed E-state index contributed by atoms with van der Waals surface area (Å²) < 4.78 is 0. The Morgan fingerprint density at radius 3 is 2.32 bits per heavy atom. The van der Waals surface area contributed by atoms with Gasteiger partial charge in [-0.05, 0) is 30.2 Å². The molecule has 3 nitrogen and oxygen atoms in total. The van der Waals surface area contributed by atoms with E-state index in [0.29, 0.717) is 15.8 Å². The quantitative estimate of drug-likeness (QED) is 0.714. The van der Waals surface area contributed by atoms with Gasteiger partial charge in [0, 0.05) is 19.4 Å². The second-order valence-corrected chi connectivity index (χ2v) is 7.17. The van der Waals surface area contributed by atoms with Gasteiger partial charge < -0.3 is 0 Å². The summed E-state index contributed by atoms with van der Waals surface area (Å²) in [7, 11) is 0. The average molecular weight is 376 g/mol. The third-order valence-corrected chi connectivity index (χ3v) is 5.53. The van der Waals surface area contributed by atoms with Crippen LogP contribution in [0.1, 0.15) is 43.7 Å². The Morgan fingerprint density at radius 2 is 1.68 bits per heavy atom. The highest BCUT2D eigenvalue weighted by Crippen LogP contribution is 2.44. The predicted molar refractivity (Wildman–Crippen MR) is 101 cm³/mol. The number of rotatable bonds is 2. The van der Waals surface area contributed by atoms with Crippen LogP contribution in [-0.2, 0) is 9.59 Å². The number of carbonyl (C=O) groups is 2. The summed E-state index contributed by atoms with van der Waals surface area (Å²) >= 11 is 12.3. The first-order chi connectivity index (χ1) is 11.9. The lowest BCUT2D eigenvalue weighted by Crippen LogP contribution is -2.33. The first kappa shape index (κ1) is 18.0. The molecule has 0 spiro atoms. The van der Waals surface area contributed by atoms with Gasteiger partial charge in [0.2, 0.25) is 11.8 Å². The minimum atomic E-state index is -0.276. The lowest BCUT2D eigenvalue weighted by molar-refractivity contribution is -0.137. The van der Waals surface area contributed by atoms with Crippen LogP contribution in [0.4, 0.5) is 0 Å². The third-order valence-electron chi connectivity index (χ3n) is 4.75. The molecule has 0 aliphatic heterocycles. The van der Waals surface area contributed by atoms with Crippen molar-refractivity contribution in [1.29, 1.82) is 0 Å². The molecule has 5 heteroatoms. The fourth-order valence-corrected chi connectivity index (χ4v) is 4.05. The lowest BCUT2D eigenvalue weighted by Gasteiger charge is -2.34. The topological polar surface area (TPSA) is 37.4 Å². The number of allylic oxidation sites excluding steroid dienone is 5. The standard InChI is InChI=1S/C20H19Cl2NO2/c1-12(24)23(13(2)25)20-10-8-15(16-5-3-4-6-17(16)20)14-7-9-18(21)19(22)11-14/h3-6,9-11,14-15H,7-8H2,1-2H3/t14?,15-/m0/s1.